The van der Waals surface area contributed by atoms with Gasteiger partial charge >= 0.3 is 0 Å². The van der Waals surface area contributed by atoms with Crippen molar-refractivity contribution in [2.75, 3.05) is 6.54 Å². The molecule has 0 heterocycles. The molecule has 0 aromatic heterocycles. The molecule has 2 heteroatoms. The molecule has 12 heavy (non-hydrogen) atoms. The van der Waals surface area contributed by atoms with E-state index in [1.165, 1.54) is 6.26 Å². The van der Waals surface area contributed by atoms with E-state index in [0.29, 0.717) is 12.0 Å². The van der Waals surface area contributed by atoms with Crippen LogP contribution in [0.3, 0.4) is 0 Å². The second-order valence-electron chi connectivity index (χ2n) is 3.18. The molecule has 0 aliphatic carbocycles. The minimum Gasteiger partial charge on any atom is -0.414 e. The molecule has 0 N–H and O–H groups in total. The van der Waals surface area contributed by atoms with Gasteiger partial charge in [-0.2, -0.15) is 0 Å². The zero-order valence-corrected chi connectivity index (χ0v) is 8.29. The normalized spacial score (nSPS) is 13.1. The van der Waals surface area contributed by atoms with Gasteiger partial charge in [-0.05, 0) is 19.8 Å². The first-order valence-electron chi connectivity index (χ1n) is 4.28. The van der Waals surface area contributed by atoms with Gasteiger partial charge < -0.3 is 4.84 Å². The lowest BCUT2D eigenvalue weighted by Gasteiger charge is -2.25. The fourth-order valence-electron chi connectivity index (χ4n) is 0.830. The van der Waals surface area contributed by atoms with Crippen LogP contribution in [-0.2, 0) is 4.84 Å². The van der Waals surface area contributed by atoms with Gasteiger partial charge in [-0.1, -0.05) is 19.6 Å². The summed E-state index contributed by atoms with van der Waals surface area (Å²) in [6.45, 7) is 14.4. The van der Waals surface area contributed by atoms with E-state index in [-0.39, 0.29) is 0 Å². The summed E-state index contributed by atoms with van der Waals surface area (Å²) in [6.07, 6.45) is 3.37. The highest BCUT2D eigenvalue weighted by Crippen LogP contribution is 2.05. The van der Waals surface area contributed by atoms with Gasteiger partial charge in [-0.3, -0.25) is 0 Å². The Morgan fingerprint density at radius 1 is 1.33 bits per heavy atom. The summed E-state index contributed by atoms with van der Waals surface area (Å²) in [6, 6.07) is 0.366. The Morgan fingerprint density at radius 2 is 1.92 bits per heavy atom. The van der Waals surface area contributed by atoms with Crippen molar-refractivity contribution in [2.24, 2.45) is 5.92 Å². The number of hydrogen-bond acceptors (Lipinski definition) is 2. The molecule has 0 amide bonds. The van der Waals surface area contributed by atoms with Crippen LogP contribution in [0.25, 0.3) is 0 Å². The van der Waals surface area contributed by atoms with Crippen molar-refractivity contribution in [3.63, 3.8) is 0 Å². The molecule has 0 aromatic carbocycles. The maximum atomic E-state index is 5.23. The summed E-state index contributed by atoms with van der Waals surface area (Å²) in [7, 11) is 0. The lowest BCUT2D eigenvalue weighted by Crippen LogP contribution is -2.32. The number of hydroxylamine groups is 2. The monoisotopic (exact) mass is 169 g/mol. The third-order valence-corrected chi connectivity index (χ3v) is 1.66. The third-order valence-electron chi connectivity index (χ3n) is 1.66. The molecule has 1 atom stereocenters. The van der Waals surface area contributed by atoms with Crippen molar-refractivity contribution in [1.82, 2.24) is 5.06 Å². The van der Waals surface area contributed by atoms with E-state index in [4.69, 9.17) is 4.84 Å². The van der Waals surface area contributed by atoms with Gasteiger partial charge in [-0.15, -0.1) is 11.6 Å². The predicted octanol–water partition coefficient (Wildman–Crippen LogP) is 2.59. The first-order chi connectivity index (χ1) is 5.61. The highest BCUT2D eigenvalue weighted by molar-refractivity contribution is 4.77. The average Bonchev–Trinajstić information content (AvgIpc) is 2.03. The van der Waals surface area contributed by atoms with Crippen LogP contribution in [0.4, 0.5) is 0 Å². The molecule has 0 fully saturated rings. The van der Waals surface area contributed by atoms with Gasteiger partial charge in [0.15, 0.2) is 0 Å². The Balaban J connectivity index is 3.93. The Hall–Kier alpha value is -0.760. The van der Waals surface area contributed by atoms with Crippen LogP contribution in [0.2, 0.25) is 0 Å². The summed E-state index contributed by atoms with van der Waals surface area (Å²) >= 11 is 0. The van der Waals surface area contributed by atoms with Gasteiger partial charge in [0.05, 0.1) is 0 Å². The van der Waals surface area contributed by atoms with Gasteiger partial charge in [0.1, 0.15) is 6.26 Å². The molecule has 0 aliphatic heterocycles. The summed E-state index contributed by atoms with van der Waals surface area (Å²) < 4.78 is 0. The maximum absolute atomic E-state index is 5.23. The molecule has 0 aliphatic rings. The molecule has 0 radical (unpaired) electrons. The highest BCUT2D eigenvalue weighted by atomic mass is 16.7. The van der Waals surface area contributed by atoms with Crippen molar-refractivity contribution >= 4 is 0 Å². The Bertz CT molecular complexity index is 143. The van der Waals surface area contributed by atoms with Crippen LogP contribution < -0.4 is 0 Å². The van der Waals surface area contributed by atoms with E-state index >= 15 is 0 Å². The fraction of sp³-hybridized carbons (Fsp3) is 0.600. The van der Waals surface area contributed by atoms with Crippen LogP contribution in [0.1, 0.15) is 20.8 Å². The van der Waals surface area contributed by atoms with Gasteiger partial charge in [0.2, 0.25) is 0 Å². The van der Waals surface area contributed by atoms with E-state index in [1.807, 2.05) is 11.1 Å². The van der Waals surface area contributed by atoms with Crippen LogP contribution in [-0.4, -0.2) is 17.6 Å². The van der Waals surface area contributed by atoms with Crippen LogP contribution in [0, 0.1) is 5.92 Å². The molecule has 0 spiro atoms. The number of rotatable bonds is 6. The standard InChI is InChI=1S/C10H19NO/c1-6-10(5)8-11(9(3)4)12-7-2/h6-7,9-10H,1-2,8H2,3-5H3. The molecular formula is C10H19NO. The molecular weight excluding hydrogens is 150 g/mol. The summed E-state index contributed by atoms with van der Waals surface area (Å²) in [5.74, 6) is 0.437. The zero-order chi connectivity index (χ0) is 9.56. The van der Waals surface area contributed by atoms with E-state index in [2.05, 4.69) is 33.9 Å². The number of nitrogens with zero attached hydrogens (tertiary/aromatic N) is 1. The van der Waals surface area contributed by atoms with Crippen molar-refractivity contribution in [3.8, 4) is 0 Å². The summed E-state index contributed by atoms with van der Waals surface area (Å²) in [4.78, 5) is 5.23. The van der Waals surface area contributed by atoms with Gasteiger partial charge in [0.25, 0.3) is 0 Å². The molecule has 1 unspecified atom stereocenters. The predicted molar refractivity (Wildman–Crippen MR) is 52.5 cm³/mol. The second-order valence-corrected chi connectivity index (χ2v) is 3.18. The van der Waals surface area contributed by atoms with Crippen LogP contribution >= 0.6 is 0 Å². The van der Waals surface area contributed by atoms with Crippen molar-refractivity contribution in [1.29, 1.82) is 0 Å². The summed E-state index contributed by atoms with van der Waals surface area (Å²) in [5, 5.41) is 1.89. The SMILES string of the molecule is C=CON(CC(C)C=C)C(C)C. The topological polar surface area (TPSA) is 12.5 Å². The first-order valence-corrected chi connectivity index (χ1v) is 4.28. The zero-order valence-electron chi connectivity index (χ0n) is 8.29. The second kappa shape index (κ2) is 5.84. The Labute approximate surface area is 75.5 Å². The summed E-state index contributed by atoms with van der Waals surface area (Å²) in [5.41, 5.74) is 0. The van der Waals surface area contributed by atoms with E-state index in [1.54, 1.807) is 0 Å². The minimum atomic E-state index is 0.366. The quantitative estimate of drug-likeness (QED) is 0.344. The lowest BCUT2D eigenvalue weighted by molar-refractivity contribution is -0.132. The van der Waals surface area contributed by atoms with Crippen molar-refractivity contribution in [3.05, 3.63) is 25.5 Å². The molecule has 0 saturated carbocycles. The molecule has 0 rings (SSSR count). The van der Waals surface area contributed by atoms with Crippen LogP contribution in [0.15, 0.2) is 25.5 Å². The Kier molecular flexibility index (Phi) is 5.47. The third kappa shape index (κ3) is 4.19. The molecule has 2 nitrogen and oxygen atoms in total. The smallest absolute Gasteiger partial charge is 0.104 e. The molecule has 0 aromatic rings. The average molecular weight is 169 g/mol. The van der Waals surface area contributed by atoms with E-state index in [0.717, 1.165) is 6.54 Å². The van der Waals surface area contributed by atoms with E-state index in [9.17, 15) is 0 Å². The molecule has 0 saturated heterocycles. The van der Waals surface area contributed by atoms with Gasteiger partial charge in [0, 0.05) is 12.6 Å². The highest BCUT2D eigenvalue weighted by Gasteiger charge is 2.11. The van der Waals surface area contributed by atoms with Gasteiger partial charge in [-0.25, -0.2) is 0 Å². The van der Waals surface area contributed by atoms with Crippen LogP contribution in [0.5, 0.6) is 0 Å². The van der Waals surface area contributed by atoms with Crippen molar-refractivity contribution < 1.29 is 4.84 Å². The first kappa shape index (κ1) is 11.2. The fourth-order valence-corrected chi connectivity index (χ4v) is 0.830. The Morgan fingerprint density at radius 3 is 2.25 bits per heavy atom. The molecule has 0 bridgehead atoms. The minimum absolute atomic E-state index is 0.366. The maximum Gasteiger partial charge on any atom is 0.104 e. The lowest BCUT2D eigenvalue weighted by atomic mass is 10.2. The largest absolute Gasteiger partial charge is 0.414 e. The number of hydrogen-bond donors (Lipinski definition) is 0. The van der Waals surface area contributed by atoms with E-state index < -0.39 is 0 Å². The molecule has 70 valence electrons. The van der Waals surface area contributed by atoms with Crippen molar-refractivity contribution in [2.45, 2.75) is 26.8 Å².